The van der Waals surface area contributed by atoms with Gasteiger partial charge in [0.2, 0.25) is 21.8 Å². The molecule has 0 aliphatic heterocycles. The Bertz CT molecular complexity index is 1460. The largest absolute Gasteiger partial charge is 0.352 e. The molecule has 41 heavy (non-hydrogen) atoms. The van der Waals surface area contributed by atoms with Gasteiger partial charge in [0.1, 0.15) is 12.6 Å². The summed E-state index contributed by atoms with van der Waals surface area (Å²) in [7, 11) is -3.80. The van der Waals surface area contributed by atoms with E-state index < -0.39 is 28.5 Å². The van der Waals surface area contributed by atoms with Crippen molar-refractivity contribution >= 4 is 43.5 Å². The summed E-state index contributed by atoms with van der Waals surface area (Å²) in [6.45, 7) is 3.60. The topological polar surface area (TPSA) is 86.8 Å². The highest BCUT2D eigenvalue weighted by Crippen LogP contribution is 2.24. The van der Waals surface area contributed by atoms with Gasteiger partial charge in [-0.2, -0.15) is 0 Å². The van der Waals surface area contributed by atoms with Gasteiger partial charge in [0.25, 0.3) is 0 Å². The van der Waals surface area contributed by atoms with Crippen molar-refractivity contribution in [1.82, 2.24) is 10.2 Å². The summed E-state index contributed by atoms with van der Waals surface area (Å²) in [5, 5.41) is 3.19. The van der Waals surface area contributed by atoms with Crippen LogP contribution in [0.4, 0.5) is 5.69 Å². The first-order valence-corrected chi connectivity index (χ1v) is 16.6. The van der Waals surface area contributed by atoms with Crippen molar-refractivity contribution in [3.05, 3.63) is 99.5 Å². The molecular formula is C32H38BrN3O4S. The van der Waals surface area contributed by atoms with Crippen molar-refractivity contribution in [1.29, 1.82) is 0 Å². The minimum atomic E-state index is -3.80. The molecule has 4 rings (SSSR count). The van der Waals surface area contributed by atoms with E-state index in [0.29, 0.717) is 12.1 Å². The molecule has 0 saturated heterocycles. The lowest BCUT2D eigenvalue weighted by molar-refractivity contribution is -0.140. The lowest BCUT2D eigenvalue weighted by atomic mass is 10.0. The van der Waals surface area contributed by atoms with Gasteiger partial charge in [-0.1, -0.05) is 77.3 Å². The SMILES string of the molecule is Cc1ccc(N(CC(=O)N(Cc2ccc(Br)cc2)C(Cc2ccccc2)C(=O)NC2CCCC2)S(C)(=O)=O)cc1C. The molecule has 0 radical (unpaired) electrons. The molecular weight excluding hydrogens is 602 g/mol. The number of rotatable bonds is 11. The zero-order valence-corrected chi connectivity index (χ0v) is 26.2. The van der Waals surface area contributed by atoms with E-state index in [0.717, 1.165) is 63.0 Å². The van der Waals surface area contributed by atoms with Crippen LogP contribution >= 0.6 is 15.9 Å². The van der Waals surface area contributed by atoms with Gasteiger partial charge in [-0.05, 0) is 73.2 Å². The van der Waals surface area contributed by atoms with E-state index in [1.54, 1.807) is 17.0 Å². The van der Waals surface area contributed by atoms with Gasteiger partial charge in [0.05, 0.1) is 11.9 Å². The summed E-state index contributed by atoms with van der Waals surface area (Å²) in [4.78, 5) is 29.6. The van der Waals surface area contributed by atoms with E-state index in [4.69, 9.17) is 0 Å². The molecule has 1 aliphatic rings. The fourth-order valence-electron chi connectivity index (χ4n) is 5.20. The Balaban J connectivity index is 1.72. The summed E-state index contributed by atoms with van der Waals surface area (Å²) >= 11 is 3.46. The smallest absolute Gasteiger partial charge is 0.244 e. The summed E-state index contributed by atoms with van der Waals surface area (Å²) < 4.78 is 28.0. The molecule has 1 N–H and O–H groups in total. The van der Waals surface area contributed by atoms with Crippen LogP contribution in [0, 0.1) is 13.8 Å². The number of amides is 2. The maximum Gasteiger partial charge on any atom is 0.244 e. The first kappa shape index (κ1) is 30.8. The average Bonchev–Trinajstić information content (AvgIpc) is 3.45. The van der Waals surface area contributed by atoms with E-state index in [2.05, 4.69) is 21.2 Å². The number of anilines is 1. The Morgan fingerprint density at radius 3 is 2.20 bits per heavy atom. The third-order valence-electron chi connectivity index (χ3n) is 7.70. The van der Waals surface area contributed by atoms with Crippen LogP contribution in [0.3, 0.4) is 0 Å². The number of carbonyl (C=O) groups excluding carboxylic acids is 2. The van der Waals surface area contributed by atoms with Crippen molar-refractivity contribution < 1.29 is 18.0 Å². The molecule has 0 aromatic heterocycles. The molecule has 2 amide bonds. The fourth-order valence-corrected chi connectivity index (χ4v) is 6.31. The Kier molecular flexibility index (Phi) is 10.3. The second kappa shape index (κ2) is 13.7. The van der Waals surface area contributed by atoms with Crippen LogP contribution < -0.4 is 9.62 Å². The first-order chi connectivity index (χ1) is 19.5. The summed E-state index contributed by atoms with van der Waals surface area (Å²) in [6.07, 6.45) is 5.37. The number of nitrogens with zero attached hydrogens (tertiary/aromatic N) is 2. The number of nitrogens with one attached hydrogen (secondary N) is 1. The molecule has 9 heteroatoms. The molecule has 0 heterocycles. The van der Waals surface area contributed by atoms with Crippen molar-refractivity contribution in [2.45, 2.75) is 64.6 Å². The number of benzene rings is 3. The van der Waals surface area contributed by atoms with E-state index in [9.17, 15) is 18.0 Å². The lowest BCUT2D eigenvalue weighted by Crippen LogP contribution is -2.54. The molecule has 0 spiro atoms. The summed E-state index contributed by atoms with van der Waals surface area (Å²) in [5.41, 5.74) is 4.12. The molecule has 1 fully saturated rings. The van der Waals surface area contributed by atoms with E-state index in [1.807, 2.05) is 74.5 Å². The standard InChI is InChI=1S/C32H38BrN3O4S/c1-23-13-18-29(19-24(23)2)36(41(3,39)40)22-31(37)35(21-26-14-16-27(33)17-15-26)30(20-25-9-5-4-6-10-25)32(38)34-28-11-7-8-12-28/h4-6,9-10,13-19,28,30H,7-8,11-12,20-22H2,1-3H3,(H,34,38). The Morgan fingerprint density at radius 2 is 1.59 bits per heavy atom. The lowest BCUT2D eigenvalue weighted by Gasteiger charge is -2.34. The molecule has 3 aromatic rings. The number of halogens is 1. The van der Waals surface area contributed by atoms with Gasteiger partial charge in [-0.3, -0.25) is 13.9 Å². The van der Waals surface area contributed by atoms with Gasteiger partial charge in [-0.25, -0.2) is 8.42 Å². The second-order valence-corrected chi connectivity index (χ2v) is 13.7. The highest BCUT2D eigenvalue weighted by molar-refractivity contribution is 9.10. The van der Waals surface area contributed by atoms with Gasteiger partial charge in [0.15, 0.2) is 0 Å². The number of hydrogen-bond donors (Lipinski definition) is 1. The third-order valence-corrected chi connectivity index (χ3v) is 9.37. The molecule has 3 aromatic carbocycles. The zero-order chi connectivity index (χ0) is 29.6. The van der Waals surface area contributed by atoms with Crippen molar-refractivity contribution in [3.8, 4) is 0 Å². The third kappa shape index (κ3) is 8.42. The number of aryl methyl sites for hydroxylation is 2. The molecule has 1 aliphatic carbocycles. The molecule has 1 saturated carbocycles. The van der Waals surface area contributed by atoms with Crippen molar-refractivity contribution in [2.24, 2.45) is 0 Å². The van der Waals surface area contributed by atoms with Crippen LogP contribution in [0.2, 0.25) is 0 Å². The van der Waals surface area contributed by atoms with Gasteiger partial charge in [0, 0.05) is 23.5 Å². The minimum Gasteiger partial charge on any atom is -0.352 e. The highest BCUT2D eigenvalue weighted by atomic mass is 79.9. The van der Waals surface area contributed by atoms with E-state index in [-0.39, 0.29) is 18.5 Å². The minimum absolute atomic E-state index is 0.0773. The Hall–Kier alpha value is -3.17. The summed E-state index contributed by atoms with van der Waals surface area (Å²) in [5.74, 6) is -0.664. The van der Waals surface area contributed by atoms with Crippen LogP contribution in [0.25, 0.3) is 0 Å². The average molecular weight is 641 g/mol. The monoisotopic (exact) mass is 639 g/mol. The predicted molar refractivity (Wildman–Crippen MR) is 167 cm³/mol. The Labute approximate surface area is 252 Å². The van der Waals surface area contributed by atoms with Crippen LogP contribution in [0.5, 0.6) is 0 Å². The number of sulfonamides is 1. The summed E-state index contributed by atoms with van der Waals surface area (Å²) in [6, 6.07) is 21.8. The van der Waals surface area contributed by atoms with Crippen LogP contribution in [0.1, 0.15) is 47.9 Å². The number of carbonyl (C=O) groups is 2. The molecule has 7 nitrogen and oxygen atoms in total. The quantitative estimate of drug-likeness (QED) is 0.299. The van der Waals surface area contributed by atoms with Gasteiger partial charge < -0.3 is 10.2 Å². The highest BCUT2D eigenvalue weighted by Gasteiger charge is 2.34. The van der Waals surface area contributed by atoms with Gasteiger partial charge in [-0.15, -0.1) is 0 Å². The maximum absolute atomic E-state index is 14.2. The normalized spacial score (nSPS) is 14.4. The van der Waals surface area contributed by atoms with Crippen LogP contribution in [-0.4, -0.2) is 50.0 Å². The zero-order valence-electron chi connectivity index (χ0n) is 23.8. The first-order valence-electron chi connectivity index (χ1n) is 13.9. The second-order valence-electron chi connectivity index (χ2n) is 10.9. The van der Waals surface area contributed by atoms with Crippen molar-refractivity contribution in [3.63, 3.8) is 0 Å². The van der Waals surface area contributed by atoms with Crippen LogP contribution in [0.15, 0.2) is 77.3 Å². The predicted octanol–water partition coefficient (Wildman–Crippen LogP) is 5.53. The van der Waals surface area contributed by atoms with Gasteiger partial charge >= 0.3 is 0 Å². The van der Waals surface area contributed by atoms with Crippen molar-refractivity contribution in [2.75, 3.05) is 17.1 Å². The Morgan fingerprint density at radius 1 is 0.927 bits per heavy atom. The molecule has 0 bridgehead atoms. The van der Waals surface area contributed by atoms with E-state index >= 15 is 0 Å². The molecule has 218 valence electrons. The molecule has 1 atom stereocenters. The van der Waals surface area contributed by atoms with E-state index in [1.165, 1.54) is 0 Å². The maximum atomic E-state index is 14.2. The van der Waals surface area contributed by atoms with Crippen LogP contribution in [-0.2, 0) is 32.6 Å². The fraction of sp³-hybridized carbons (Fsp3) is 0.375. The number of hydrogen-bond acceptors (Lipinski definition) is 4. The molecule has 1 unspecified atom stereocenters.